The van der Waals surface area contributed by atoms with Gasteiger partial charge in [0.05, 0.1) is 0 Å². The first kappa shape index (κ1) is 35.9. The predicted octanol–water partition coefficient (Wildman–Crippen LogP) is 1.52. The van der Waals surface area contributed by atoms with E-state index in [1.807, 2.05) is 24.3 Å². The van der Waals surface area contributed by atoms with Crippen LogP contribution < -0.4 is 10.6 Å². The number of nitrogens with one attached hydrogen (secondary N) is 2. The van der Waals surface area contributed by atoms with E-state index >= 15 is 0 Å². The van der Waals surface area contributed by atoms with Crippen LogP contribution >= 0.6 is 0 Å². The molecule has 8 nitrogen and oxygen atoms in total. The minimum absolute atomic E-state index is 0. The predicted molar refractivity (Wildman–Crippen MR) is 107 cm³/mol. The van der Waals surface area contributed by atoms with Crippen molar-refractivity contribution in [3.8, 4) is 0 Å². The van der Waals surface area contributed by atoms with Crippen LogP contribution in [0.5, 0.6) is 0 Å². The second-order valence-electron chi connectivity index (χ2n) is 5.18. The second-order valence-corrected chi connectivity index (χ2v) is 5.18. The summed E-state index contributed by atoms with van der Waals surface area (Å²) < 4.78 is 0. The fraction of sp³-hybridized carbons (Fsp3) is 0.300. The van der Waals surface area contributed by atoms with E-state index in [0.717, 1.165) is 11.4 Å². The fourth-order valence-electron chi connectivity index (χ4n) is 1.32. The van der Waals surface area contributed by atoms with Gasteiger partial charge in [-0.3, -0.25) is 9.59 Å². The summed E-state index contributed by atoms with van der Waals surface area (Å²) in [6.45, 7) is 5.50. The number of amides is 2. The molecule has 0 spiro atoms. The number of aliphatic hydroxyl groups is 4. The van der Waals surface area contributed by atoms with E-state index in [2.05, 4.69) is 22.8 Å². The molecule has 0 aliphatic carbocycles. The van der Waals surface area contributed by atoms with E-state index in [0.29, 0.717) is 0 Å². The molecule has 0 saturated carbocycles. The van der Waals surface area contributed by atoms with Crippen molar-refractivity contribution in [3.05, 3.63) is 60.7 Å². The second kappa shape index (κ2) is 23.8. The molecule has 0 heterocycles. The largest absolute Gasteiger partial charge is 0.368 e. The summed E-state index contributed by atoms with van der Waals surface area (Å²) in [5.41, 5.74) is 1.44. The standard InChI is InChI=1S/2C8H8NO.2C2H6O2.2Pd/c2*1-7(10)9-8-5-3-2-4-6-8;2*1-2(3)4;;/h2*2-5H,1H3,(H,9,10);2*2-4H,1H3;;/q2*-1;;;;. The summed E-state index contributed by atoms with van der Waals surface area (Å²) >= 11 is 0. The van der Waals surface area contributed by atoms with E-state index in [1.54, 1.807) is 24.3 Å². The molecule has 0 unspecified atom stereocenters. The molecule has 0 bridgehead atoms. The van der Waals surface area contributed by atoms with Crippen molar-refractivity contribution >= 4 is 23.2 Å². The Hall–Kier alpha value is -1.46. The van der Waals surface area contributed by atoms with E-state index in [4.69, 9.17) is 20.4 Å². The van der Waals surface area contributed by atoms with Crippen molar-refractivity contribution in [2.75, 3.05) is 10.6 Å². The number of aliphatic hydroxyl groups excluding tert-OH is 2. The maximum absolute atomic E-state index is 10.5. The Labute approximate surface area is 205 Å². The van der Waals surface area contributed by atoms with E-state index in [9.17, 15) is 9.59 Å². The number of rotatable bonds is 2. The van der Waals surface area contributed by atoms with Crippen LogP contribution in [0, 0.1) is 12.1 Å². The fourth-order valence-corrected chi connectivity index (χ4v) is 1.32. The third-order valence-electron chi connectivity index (χ3n) is 2.04. The molecule has 0 fully saturated rings. The van der Waals surface area contributed by atoms with Gasteiger partial charge in [-0.1, -0.05) is 11.4 Å². The molecule has 0 atom stereocenters. The van der Waals surface area contributed by atoms with Gasteiger partial charge >= 0.3 is 0 Å². The molecular weight excluding hydrogens is 577 g/mol. The molecule has 2 aromatic carbocycles. The molecular formula is C20H28N2O6Pd2-2. The summed E-state index contributed by atoms with van der Waals surface area (Å²) in [5.74, 6) is -0.134. The zero-order valence-corrected chi connectivity index (χ0v) is 20.1. The maximum atomic E-state index is 10.5. The summed E-state index contributed by atoms with van der Waals surface area (Å²) in [6.07, 6.45) is -2.33. The van der Waals surface area contributed by atoms with E-state index in [1.165, 1.54) is 27.7 Å². The van der Waals surface area contributed by atoms with E-state index in [-0.39, 0.29) is 52.7 Å². The number of hydrogen-bond acceptors (Lipinski definition) is 6. The minimum atomic E-state index is -1.17. The Morgan fingerprint density at radius 3 is 1.17 bits per heavy atom. The molecule has 0 saturated heterocycles. The minimum Gasteiger partial charge on any atom is -0.368 e. The number of anilines is 2. The first-order valence-corrected chi connectivity index (χ1v) is 8.25. The number of carbonyl (C=O) groups is 2. The topological polar surface area (TPSA) is 139 Å². The van der Waals surface area contributed by atoms with Crippen molar-refractivity contribution < 1.29 is 70.9 Å². The zero-order valence-electron chi connectivity index (χ0n) is 17.0. The van der Waals surface area contributed by atoms with Crippen LogP contribution in [0.3, 0.4) is 0 Å². The summed E-state index contributed by atoms with van der Waals surface area (Å²) in [4.78, 5) is 21.0. The van der Waals surface area contributed by atoms with Crippen LogP contribution in [-0.4, -0.2) is 44.8 Å². The van der Waals surface area contributed by atoms with Gasteiger partial charge in [-0.05, 0) is 13.8 Å². The summed E-state index contributed by atoms with van der Waals surface area (Å²) in [5, 5.41) is 35.7. The van der Waals surface area contributed by atoms with Gasteiger partial charge < -0.3 is 31.1 Å². The van der Waals surface area contributed by atoms with Crippen molar-refractivity contribution in [1.29, 1.82) is 0 Å². The van der Waals surface area contributed by atoms with Gasteiger partial charge in [0.25, 0.3) is 0 Å². The Morgan fingerprint density at radius 2 is 1.00 bits per heavy atom. The molecule has 2 rings (SSSR count). The maximum Gasteiger partial charge on any atom is 0.219 e. The van der Waals surface area contributed by atoms with Gasteiger partial charge in [-0.2, -0.15) is 48.5 Å². The first-order valence-electron chi connectivity index (χ1n) is 8.25. The van der Waals surface area contributed by atoms with Crippen molar-refractivity contribution in [2.45, 2.75) is 40.3 Å². The van der Waals surface area contributed by atoms with Crippen molar-refractivity contribution in [3.63, 3.8) is 0 Å². The van der Waals surface area contributed by atoms with Gasteiger partial charge in [-0.15, -0.1) is 12.1 Å². The molecule has 30 heavy (non-hydrogen) atoms. The number of para-hydroxylation sites is 2. The van der Waals surface area contributed by atoms with Gasteiger partial charge in [0.1, 0.15) is 12.6 Å². The van der Waals surface area contributed by atoms with Gasteiger partial charge in [0.15, 0.2) is 0 Å². The average Bonchev–Trinajstić information content (AvgIpc) is 2.55. The molecule has 0 aliphatic heterocycles. The summed E-state index contributed by atoms with van der Waals surface area (Å²) in [7, 11) is 0. The SMILES string of the molecule is CC(=O)Nc1[c-]cccc1.CC(=O)Nc1[c-]cccc1.CC(O)O.CC(O)O.[Pd].[Pd]. The van der Waals surface area contributed by atoms with Gasteiger partial charge in [0.2, 0.25) is 11.8 Å². The Morgan fingerprint density at radius 1 is 0.733 bits per heavy atom. The first-order chi connectivity index (χ1) is 13.0. The van der Waals surface area contributed by atoms with Crippen molar-refractivity contribution in [1.82, 2.24) is 0 Å². The number of hydrogen-bond donors (Lipinski definition) is 6. The van der Waals surface area contributed by atoms with Crippen LogP contribution in [-0.2, 0) is 50.4 Å². The summed E-state index contributed by atoms with van der Waals surface area (Å²) in [6, 6.07) is 20.2. The molecule has 2 aromatic rings. The molecule has 0 radical (unpaired) electrons. The van der Waals surface area contributed by atoms with Crippen LogP contribution in [0.15, 0.2) is 48.5 Å². The van der Waals surface area contributed by atoms with E-state index < -0.39 is 12.6 Å². The average molecular weight is 605 g/mol. The van der Waals surface area contributed by atoms with Crippen LogP contribution in [0.4, 0.5) is 11.4 Å². The molecule has 0 aliphatic rings. The molecule has 176 valence electrons. The number of carbonyl (C=O) groups excluding carboxylic acids is 2. The molecule has 2 amide bonds. The Kier molecular flexibility index (Phi) is 28.5. The van der Waals surface area contributed by atoms with Crippen LogP contribution in [0.1, 0.15) is 27.7 Å². The Bertz CT molecular complexity index is 581. The monoisotopic (exact) mass is 604 g/mol. The quantitative estimate of drug-likeness (QED) is 0.175. The van der Waals surface area contributed by atoms with Crippen LogP contribution in [0.25, 0.3) is 0 Å². The number of benzene rings is 2. The molecule has 10 heteroatoms. The smallest absolute Gasteiger partial charge is 0.219 e. The Balaban J connectivity index is -0.000000160. The van der Waals surface area contributed by atoms with Gasteiger partial charge in [-0.25, -0.2) is 0 Å². The van der Waals surface area contributed by atoms with Gasteiger partial charge in [0, 0.05) is 54.7 Å². The zero-order chi connectivity index (χ0) is 21.9. The molecule has 6 N–H and O–H groups in total. The third-order valence-corrected chi connectivity index (χ3v) is 2.04. The normalized spacial score (nSPS) is 8.33. The third kappa shape index (κ3) is 34.1. The van der Waals surface area contributed by atoms with Crippen molar-refractivity contribution in [2.24, 2.45) is 0 Å². The van der Waals surface area contributed by atoms with Crippen LogP contribution in [0.2, 0.25) is 0 Å². The molecule has 0 aromatic heterocycles.